The van der Waals surface area contributed by atoms with Crippen LogP contribution in [0.25, 0.3) is 0 Å². The topological polar surface area (TPSA) is 44.7 Å². The summed E-state index contributed by atoms with van der Waals surface area (Å²) in [7, 11) is 0. The first kappa shape index (κ1) is 5.21. The summed E-state index contributed by atoms with van der Waals surface area (Å²) in [6.45, 7) is 0. The molecule has 8 heavy (non-hydrogen) atoms. The number of nitrogens with one attached hydrogen (secondary N) is 1. The number of hydrogen-bond acceptors (Lipinski definition) is 5. The van der Waals surface area contributed by atoms with Gasteiger partial charge in [0.15, 0.2) is 5.94 Å². The number of aliphatic imine (C=N–C) groups is 1. The Hall–Kier alpha value is -0.930. The van der Waals surface area contributed by atoms with Gasteiger partial charge in [-0.25, -0.2) is 14.2 Å². The number of thiol groups is 1. The van der Waals surface area contributed by atoms with Gasteiger partial charge in [-0.15, -0.1) is 0 Å². The predicted molar refractivity (Wildman–Crippen MR) is 31.7 cm³/mol. The van der Waals surface area contributed by atoms with Crippen LogP contribution in [-0.4, -0.2) is 16.7 Å². The van der Waals surface area contributed by atoms with Crippen molar-refractivity contribution in [3.8, 4) is 0 Å². The first-order chi connectivity index (χ1) is 3.84. The van der Waals surface area contributed by atoms with Crippen molar-refractivity contribution in [1.29, 1.82) is 0 Å². The molecule has 0 radical (unpaired) electrons. The van der Waals surface area contributed by atoms with Crippen LogP contribution in [0, 0.1) is 0 Å². The smallest absolute Gasteiger partial charge is 0.245 e. The maximum atomic E-state index is 9.81. The Morgan fingerprint density at radius 1 is 2.00 bits per heavy atom. The van der Waals surface area contributed by atoms with Gasteiger partial charge < -0.3 is 0 Å². The Morgan fingerprint density at radius 2 is 2.75 bits per heavy atom. The zero-order valence-electron chi connectivity index (χ0n) is 3.83. The summed E-state index contributed by atoms with van der Waals surface area (Å²) in [6.07, 6.45) is 1.35. The van der Waals surface area contributed by atoms with Gasteiger partial charge in [0.2, 0.25) is 5.82 Å². The third kappa shape index (κ3) is 0.685. The van der Waals surface area contributed by atoms with E-state index >= 15 is 0 Å². The van der Waals surface area contributed by atoms with Gasteiger partial charge in [0.1, 0.15) is 6.34 Å². The van der Waals surface area contributed by atoms with Crippen molar-refractivity contribution in [2.24, 2.45) is 4.99 Å². The third-order valence-corrected chi connectivity index (χ3v) is 0.964. The van der Waals surface area contributed by atoms with E-state index < -0.39 is 0 Å². The fourth-order valence-corrected chi connectivity index (χ4v) is 0.474. The van der Waals surface area contributed by atoms with Gasteiger partial charge in [-0.3, -0.25) is 5.43 Å². The molecule has 0 aromatic rings. The van der Waals surface area contributed by atoms with Crippen molar-refractivity contribution in [1.82, 2.24) is 9.84 Å². The Labute approximate surface area is 51.4 Å². The molecule has 0 aromatic heterocycles. The molecule has 0 saturated heterocycles. The van der Waals surface area contributed by atoms with E-state index in [0.29, 0.717) is 0 Å². The van der Waals surface area contributed by atoms with Crippen LogP contribution in [0.2, 0.25) is 0 Å². The molecular weight excluding hydrogens is 126 g/mol. The zero-order valence-corrected chi connectivity index (χ0v) is 4.72. The molecule has 0 unspecified atom stereocenters. The molecule has 1 heterocycles. The SMILES string of the molecule is O=C=C1N=CNN1S. The predicted octanol–water partition coefficient (Wildman–Crippen LogP) is -0.647. The van der Waals surface area contributed by atoms with Gasteiger partial charge >= 0.3 is 0 Å². The highest BCUT2D eigenvalue weighted by atomic mass is 32.1. The molecule has 1 N–H and O–H groups in total. The molecule has 0 spiro atoms. The summed E-state index contributed by atoms with van der Waals surface area (Å²) in [5.74, 6) is 1.72. The van der Waals surface area contributed by atoms with Gasteiger partial charge in [-0.2, -0.15) is 0 Å². The van der Waals surface area contributed by atoms with Gasteiger partial charge in [-0.1, -0.05) is 0 Å². The summed E-state index contributed by atoms with van der Waals surface area (Å²) in [5.41, 5.74) is 2.53. The number of hydrazine groups is 1. The second-order valence-electron chi connectivity index (χ2n) is 1.12. The number of hydrogen-bond donors (Lipinski definition) is 2. The first-order valence-corrected chi connectivity index (χ1v) is 2.27. The normalized spacial score (nSPS) is 16.1. The zero-order chi connectivity index (χ0) is 5.98. The first-order valence-electron chi connectivity index (χ1n) is 1.87. The lowest BCUT2D eigenvalue weighted by Gasteiger charge is -2.03. The molecule has 1 aliphatic heterocycles. The maximum absolute atomic E-state index is 9.81. The van der Waals surface area contributed by atoms with Crippen molar-refractivity contribution in [3.05, 3.63) is 5.82 Å². The second-order valence-corrected chi connectivity index (χ2v) is 1.52. The van der Waals surface area contributed by atoms with E-state index in [1.807, 2.05) is 0 Å². The van der Waals surface area contributed by atoms with Crippen LogP contribution < -0.4 is 5.43 Å². The fraction of sp³-hybridized carbons (Fsp3) is 0. The minimum Gasteiger partial charge on any atom is -0.276 e. The van der Waals surface area contributed by atoms with E-state index in [-0.39, 0.29) is 5.82 Å². The van der Waals surface area contributed by atoms with Crippen LogP contribution in [0.1, 0.15) is 0 Å². The molecule has 0 aliphatic carbocycles. The van der Waals surface area contributed by atoms with Crippen LogP contribution >= 0.6 is 12.8 Å². The maximum Gasteiger partial charge on any atom is 0.245 e. The summed E-state index contributed by atoms with van der Waals surface area (Å²) in [5, 5.41) is 0. The second kappa shape index (κ2) is 1.90. The summed E-state index contributed by atoms with van der Waals surface area (Å²) < 4.78 is 1.17. The molecule has 0 aromatic carbocycles. The monoisotopic (exact) mass is 129 g/mol. The van der Waals surface area contributed by atoms with Crippen molar-refractivity contribution in [3.63, 3.8) is 0 Å². The highest BCUT2D eigenvalue weighted by molar-refractivity contribution is 7.77. The molecule has 4 nitrogen and oxygen atoms in total. The van der Waals surface area contributed by atoms with Crippen molar-refractivity contribution in [2.45, 2.75) is 0 Å². The minimum absolute atomic E-state index is 0.147. The molecular formula is C3H3N3OS. The average molecular weight is 129 g/mol. The molecule has 5 heteroatoms. The molecule has 1 rings (SSSR count). The molecule has 1 aliphatic rings. The Morgan fingerprint density at radius 3 is 3.00 bits per heavy atom. The van der Waals surface area contributed by atoms with E-state index in [1.54, 1.807) is 5.94 Å². The van der Waals surface area contributed by atoms with E-state index in [1.165, 1.54) is 10.8 Å². The number of nitrogens with zero attached hydrogens (tertiary/aromatic N) is 2. The Balaban J connectivity index is 2.82. The third-order valence-electron chi connectivity index (χ3n) is 0.659. The van der Waals surface area contributed by atoms with Gasteiger partial charge in [0.05, 0.1) is 0 Å². The largest absolute Gasteiger partial charge is 0.276 e. The molecule has 0 saturated carbocycles. The lowest BCUT2D eigenvalue weighted by Crippen LogP contribution is -2.20. The average Bonchev–Trinajstić information content (AvgIpc) is 2.14. The Bertz CT molecular complexity index is 171. The summed E-state index contributed by atoms with van der Waals surface area (Å²) in [4.78, 5) is 13.4. The van der Waals surface area contributed by atoms with Gasteiger partial charge in [0, 0.05) is 0 Å². The summed E-state index contributed by atoms with van der Waals surface area (Å²) in [6, 6.07) is 0. The van der Waals surface area contributed by atoms with Gasteiger partial charge in [-0.05, 0) is 12.8 Å². The minimum atomic E-state index is 0.147. The van der Waals surface area contributed by atoms with Crippen LogP contribution in [0.5, 0.6) is 0 Å². The van der Waals surface area contributed by atoms with Crippen molar-refractivity contribution < 1.29 is 4.79 Å². The number of carbonyl (C=O) groups excluding carboxylic acids is 1. The molecule has 42 valence electrons. The molecule has 0 fully saturated rings. The van der Waals surface area contributed by atoms with E-state index in [9.17, 15) is 4.79 Å². The standard InChI is InChI=1S/C3H3N3OS/c7-1-3-4-2-5-6(3)8/h2,8H,(H,4,5). The van der Waals surface area contributed by atoms with E-state index in [2.05, 4.69) is 23.2 Å². The van der Waals surface area contributed by atoms with E-state index in [4.69, 9.17) is 0 Å². The highest BCUT2D eigenvalue weighted by Gasteiger charge is 2.06. The van der Waals surface area contributed by atoms with Gasteiger partial charge in [0.25, 0.3) is 0 Å². The van der Waals surface area contributed by atoms with Crippen LogP contribution in [-0.2, 0) is 4.79 Å². The lowest BCUT2D eigenvalue weighted by molar-refractivity contribution is 0.537. The van der Waals surface area contributed by atoms with Crippen LogP contribution in [0.15, 0.2) is 10.8 Å². The number of rotatable bonds is 0. The molecule has 0 bridgehead atoms. The van der Waals surface area contributed by atoms with Crippen molar-refractivity contribution >= 4 is 25.1 Å². The van der Waals surface area contributed by atoms with Crippen LogP contribution in [0.3, 0.4) is 0 Å². The Kier molecular flexibility index (Phi) is 1.24. The quantitative estimate of drug-likeness (QED) is 0.337. The van der Waals surface area contributed by atoms with E-state index in [0.717, 1.165) is 0 Å². The highest BCUT2D eigenvalue weighted by Crippen LogP contribution is 2.03. The fourth-order valence-electron chi connectivity index (χ4n) is 0.330. The van der Waals surface area contributed by atoms with Crippen LogP contribution in [0.4, 0.5) is 0 Å². The summed E-state index contributed by atoms with van der Waals surface area (Å²) >= 11 is 3.77. The molecule has 0 amide bonds. The lowest BCUT2D eigenvalue weighted by atomic mass is 10.8. The molecule has 0 atom stereocenters. The van der Waals surface area contributed by atoms with Crippen molar-refractivity contribution in [2.75, 3.05) is 0 Å².